The summed E-state index contributed by atoms with van der Waals surface area (Å²) in [5.41, 5.74) is 21.2. The number of para-hydroxylation sites is 1. The highest BCUT2D eigenvalue weighted by atomic mass is 35.5. The molecule has 21 nitrogen and oxygen atoms in total. The number of aliphatic hydroxyl groups excluding tert-OH is 1. The number of nitrogens with zero attached hydrogens (tertiary/aromatic N) is 2. The number of aromatic amines is 1. The molecule has 0 bridgehead atoms. The average Bonchev–Trinajstić information content (AvgIpc) is 3.88. The number of hydrogen-bond acceptors (Lipinski definition) is 14. The van der Waals surface area contributed by atoms with Gasteiger partial charge in [-0.15, -0.1) is 0 Å². The zero-order valence-corrected chi connectivity index (χ0v) is 48.0. The van der Waals surface area contributed by atoms with Gasteiger partial charge in [-0.1, -0.05) is 90.5 Å². The fraction of sp³-hybridized carbons (Fsp3) is 0.362. The van der Waals surface area contributed by atoms with Crippen LogP contribution in [0, 0.1) is 0 Å². The number of thiol groups is 2. The maximum absolute atomic E-state index is 15.1. The van der Waals surface area contributed by atoms with Crippen molar-refractivity contribution >= 4 is 106 Å². The van der Waals surface area contributed by atoms with Gasteiger partial charge in [0.05, 0.1) is 12.1 Å². The number of aromatic nitrogens is 2. The van der Waals surface area contributed by atoms with E-state index in [1.54, 1.807) is 42.6 Å². The molecule has 24 heteroatoms. The van der Waals surface area contributed by atoms with Crippen molar-refractivity contribution < 1.29 is 43.5 Å². The first kappa shape index (κ1) is 63.6. The topological polar surface area (TPSA) is 339 Å². The molecule has 8 amide bonds. The first-order valence-corrected chi connectivity index (χ1v) is 28.3. The van der Waals surface area contributed by atoms with Crippen LogP contribution in [0.25, 0.3) is 21.7 Å². The second-order valence-corrected chi connectivity index (χ2v) is 21.2. The fourth-order valence-corrected chi connectivity index (χ4v) is 9.90. The van der Waals surface area contributed by atoms with E-state index in [1.165, 1.54) is 26.4 Å². The van der Waals surface area contributed by atoms with Gasteiger partial charge in [-0.3, -0.25) is 43.3 Å². The Labute approximate surface area is 491 Å². The lowest BCUT2D eigenvalue weighted by Crippen LogP contribution is -2.62. The first-order valence-electron chi connectivity index (χ1n) is 26.7. The van der Waals surface area contributed by atoms with Gasteiger partial charge in [0, 0.05) is 72.3 Å². The Morgan fingerprint density at radius 1 is 0.646 bits per heavy atom. The molecule has 0 saturated carbocycles. The predicted molar refractivity (Wildman–Crippen MR) is 320 cm³/mol. The van der Waals surface area contributed by atoms with Crippen molar-refractivity contribution in [3.05, 3.63) is 149 Å². The molecule has 0 fully saturated rings. The van der Waals surface area contributed by atoms with E-state index in [9.17, 15) is 38.7 Å². The minimum absolute atomic E-state index is 0.0143. The van der Waals surface area contributed by atoms with E-state index >= 15 is 4.79 Å². The molecule has 0 aliphatic rings. The van der Waals surface area contributed by atoms with E-state index in [0.29, 0.717) is 34.6 Å². The van der Waals surface area contributed by atoms with Gasteiger partial charge in [-0.05, 0) is 96.4 Å². The summed E-state index contributed by atoms with van der Waals surface area (Å²) in [6, 6.07) is 20.0. The lowest BCUT2D eigenvalue weighted by Gasteiger charge is -2.33. The van der Waals surface area contributed by atoms with E-state index in [-0.39, 0.29) is 50.2 Å². The molecule has 9 atom stereocenters. The van der Waals surface area contributed by atoms with Gasteiger partial charge in [0.2, 0.25) is 47.3 Å². The van der Waals surface area contributed by atoms with Crippen LogP contribution >= 0.6 is 36.9 Å². The number of halogens is 1. The van der Waals surface area contributed by atoms with Crippen molar-refractivity contribution in [3.63, 3.8) is 0 Å². The summed E-state index contributed by atoms with van der Waals surface area (Å²) in [4.78, 5) is 121. The number of likely N-dealkylation sites (N-methyl/N-ethyl adjacent to an activating group) is 1. The van der Waals surface area contributed by atoms with Gasteiger partial charge in [-0.25, -0.2) is 0 Å². The summed E-state index contributed by atoms with van der Waals surface area (Å²) in [6.07, 6.45) is 3.91. The molecule has 0 aliphatic carbocycles. The Morgan fingerprint density at radius 2 is 1.24 bits per heavy atom. The molecule has 436 valence electrons. The minimum Gasteiger partial charge on any atom is -0.391 e. The second-order valence-electron chi connectivity index (χ2n) is 20.0. The lowest BCUT2D eigenvalue weighted by atomic mass is 10.00. The number of fused-ring (bicyclic) bond motifs is 2. The second kappa shape index (κ2) is 31.0. The molecule has 2 aromatic heterocycles. The molecule has 6 rings (SSSR count). The van der Waals surface area contributed by atoms with Gasteiger partial charge < -0.3 is 64.1 Å². The van der Waals surface area contributed by atoms with Crippen LogP contribution in [0.3, 0.4) is 0 Å². The summed E-state index contributed by atoms with van der Waals surface area (Å²) in [7, 11) is 1.36. The summed E-state index contributed by atoms with van der Waals surface area (Å²) in [6.45, 7) is 1.50. The average molecular weight is 1180 g/mol. The smallest absolute Gasteiger partial charge is 0.245 e. The Morgan fingerprint density at radius 3 is 1.89 bits per heavy atom. The van der Waals surface area contributed by atoms with Crippen molar-refractivity contribution in [2.24, 2.45) is 17.2 Å². The zero-order valence-electron chi connectivity index (χ0n) is 45.4. The number of primary amides is 1. The van der Waals surface area contributed by atoms with Crippen LogP contribution in [-0.2, 0) is 64.0 Å². The van der Waals surface area contributed by atoms with Crippen LogP contribution in [0.2, 0.25) is 5.02 Å². The monoisotopic (exact) mass is 1180 g/mol. The highest BCUT2D eigenvalue weighted by molar-refractivity contribution is 7.80. The number of hydrogen-bond donors (Lipinski definition) is 13. The molecule has 9 unspecified atom stereocenters. The van der Waals surface area contributed by atoms with Crippen LogP contribution < -0.4 is 49.1 Å². The summed E-state index contributed by atoms with van der Waals surface area (Å²) < 4.78 is 0. The van der Waals surface area contributed by atoms with Crippen molar-refractivity contribution in [2.45, 2.75) is 106 Å². The largest absolute Gasteiger partial charge is 0.391 e. The van der Waals surface area contributed by atoms with Gasteiger partial charge in [0.1, 0.15) is 42.3 Å². The molecule has 0 radical (unpaired) electrons. The van der Waals surface area contributed by atoms with Gasteiger partial charge in [0.15, 0.2) is 0 Å². The third-order valence-corrected chi connectivity index (χ3v) is 14.9. The molecule has 14 N–H and O–H groups in total. The van der Waals surface area contributed by atoms with E-state index in [2.05, 4.69) is 67.1 Å². The van der Waals surface area contributed by atoms with Crippen molar-refractivity contribution in [1.82, 2.24) is 46.8 Å². The summed E-state index contributed by atoms with van der Waals surface area (Å²) in [5, 5.41) is 30.0. The number of nitrogens with two attached hydrogens (primary N) is 3. The van der Waals surface area contributed by atoms with Crippen molar-refractivity contribution in [2.75, 3.05) is 25.1 Å². The molecular formula is C58H71ClN12O9S2. The Balaban J connectivity index is 1.21. The molecule has 0 aliphatic heterocycles. The predicted octanol–water partition coefficient (Wildman–Crippen LogP) is 1.56. The number of H-pyrrole nitrogens is 1. The Hall–Kier alpha value is -7.54. The Bertz CT molecular complexity index is 3170. The zero-order chi connectivity index (χ0) is 59.5. The first-order chi connectivity index (χ1) is 39.3. The summed E-state index contributed by atoms with van der Waals surface area (Å²) in [5.74, 6) is -6.90. The number of pyridine rings is 1. The number of carbonyl (C=O) groups is 8. The lowest BCUT2D eigenvalue weighted by molar-refractivity contribution is -0.143. The van der Waals surface area contributed by atoms with Crippen LogP contribution in [-0.4, -0.2) is 147 Å². The number of amides is 8. The Kier molecular flexibility index (Phi) is 24.1. The molecule has 0 saturated heterocycles. The molecule has 0 spiro atoms. The molecular weight excluding hydrogens is 1110 g/mol. The van der Waals surface area contributed by atoms with Crippen LogP contribution in [0.1, 0.15) is 48.4 Å². The van der Waals surface area contributed by atoms with Crippen LogP contribution in [0.15, 0.2) is 122 Å². The SMILES string of the molecule is CC(O)C(NC(=O)C(CCCCN)N(C)C(=O)C(Cc1c[nH]c2ccccc12)NC(=O)C(Cc1cccnc1)NC(=O)C(CS)NC(=O)C(N)Cc1ccc(Cl)cc1)C(=O)NC(CS)C(=O)NC(Cc1ccc2ccccc2c1)C(N)=O. The number of rotatable bonds is 30. The van der Waals surface area contributed by atoms with E-state index in [1.807, 2.05) is 66.7 Å². The maximum Gasteiger partial charge on any atom is 0.245 e. The standard InChI is InChI=1S/C58H71ClN12O9S2/c1-33(72)50(57(79)69-48(32-82)54(76)65-44(51(62)73)26-35-16-19-37-11-3-4-12-38(37)24-35)70-56(78)49(15-7-8-22-60)71(2)58(80)46(28-39-30-64-43-14-6-5-13-41(39)43)67-53(75)45(27-36-10-9-23-63-29-36)66-55(77)47(31-81)68-52(74)42(61)25-34-17-20-40(59)21-18-34/h3-6,9-14,16-21,23-24,29-30,33,42,44-50,64,72,81-82H,7-8,15,22,25-28,31-32,60-61H2,1-2H3,(H2,62,73)(H,65,76)(H,66,77)(H,67,75)(H,68,74)(H,69,79)(H,70,78). The third kappa shape index (κ3) is 18.0. The van der Waals surface area contributed by atoms with Crippen molar-refractivity contribution in [3.8, 4) is 0 Å². The maximum atomic E-state index is 15.1. The van der Waals surface area contributed by atoms with E-state index < -0.39 is 102 Å². The van der Waals surface area contributed by atoms with Gasteiger partial charge in [-0.2, -0.15) is 25.3 Å². The van der Waals surface area contributed by atoms with Crippen LogP contribution in [0.5, 0.6) is 0 Å². The highest BCUT2D eigenvalue weighted by Crippen LogP contribution is 2.22. The normalized spacial score (nSPS) is 14.6. The highest BCUT2D eigenvalue weighted by Gasteiger charge is 2.38. The molecule has 4 aromatic carbocycles. The summed E-state index contributed by atoms with van der Waals surface area (Å²) >= 11 is 14.6. The fourth-order valence-electron chi connectivity index (χ4n) is 9.26. The number of benzene rings is 4. The van der Waals surface area contributed by atoms with Crippen LogP contribution in [0.4, 0.5) is 0 Å². The van der Waals surface area contributed by atoms with E-state index in [4.69, 9.17) is 28.8 Å². The van der Waals surface area contributed by atoms with Crippen molar-refractivity contribution in [1.29, 1.82) is 0 Å². The minimum atomic E-state index is -1.68. The number of carbonyl (C=O) groups excluding carboxylic acids is 8. The third-order valence-electron chi connectivity index (χ3n) is 13.9. The number of aliphatic hydroxyl groups is 1. The number of nitrogens with one attached hydrogen (secondary N) is 7. The number of unbranched alkanes of at least 4 members (excludes halogenated alkanes) is 1. The molecule has 82 heavy (non-hydrogen) atoms. The van der Waals surface area contributed by atoms with Gasteiger partial charge in [0.25, 0.3) is 0 Å². The molecule has 6 aromatic rings. The quantitative estimate of drug-likeness (QED) is 0.0226. The van der Waals surface area contributed by atoms with E-state index in [0.717, 1.165) is 32.1 Å². The molecule has 2 heterocycles. The van der Waals surface area contributed by atoms with Gasteiger partial charge >= 0.3 is 0 Å².